The molecule has 0 aromatic heterocycles. The fourth-order valence-corrected chi connectivity index (χ4v) is 1.57. The van der Waals surface area contributed by atoms with Gasteiger partial charge in [0.1, 0.15) is 17.8 Å². The highest BCUT2D eigenvalue weighted by molar-refractivity contribution is 5.43. The van der Waals surface area contributed by atoms with Gasteiger partial charge in [0.05, 0.1) is 17.7 Å². The monoisotopic (exact) mass is 167 g/mol. The summed E-state index contributed by atoms with van der Waals surface area (Å²) in [5.74, 6) is 0. The molecule has 0 aromatic rings. The molecule has 2 N–H and O–H groups in total. The van der Waals surface area contributed by atoms with Crippen molar-refractivity contribution in [2.45, 2.75) is 30.8 Å². The van der Waals surface area contributed by atoms with Crippen LogP contribution in [0.4, 0.5) is 0 Å². The van der Waals surface area contributed by atoms with Gasteiger partial charge in [-0.3, -0.25) is 0 Å². The van der Waals surface area contributed by atoms with Gasteiger partial charge in [0.25, 0.3) is 0 Å². The Bertz CT molecular complexity index is 291. The highest BCUT2D eigenvalue weighted by Crippen LogP contribution is 2.46. The first-order valence-electron chi connectivity index (χ1n) is 3.78. The lowest BCUT2D eigenvalue weighted by atomic mass is 9.97. The van der Waals surface area contributed by atoms with E-state index < -0.39 is 17.8 Å². The van der Waals surface area contributed by atoms with Crippen molar-refractivity contribution in [1.29, 1.82) is 5.26 Å². The molecule has 0 saturated carbocycles. The molecule has 2 aliphatic rings. The van der Waals surface area contributed by atoms with E-state index in [9.17, 15) is 10.2 Å². The third kappa shape index (κ3) is 0.758. The van der Waals surface area contributed by atoms with Gasteiger partial charge in [-0.15, -0.1) is 0 Å². The molecule has 1 aliphatic heterocycles. The van der Waals surface area contributed by atoms with Crippen molar-refractivity contribution in [3.8, 4) is 6.07 Å². The molecule has 1 aliphatic carbocycles. The zero-order valence-electron chi connectivity index (χ0n) is 6.56. The molecule has 1 saturated heterocycles. The van der Waals surface area contributed by atoms with Crippen LogP contribution in [0.25, 0.3) is 0 Å². The van der Waals surface area contributed by atoms with Crippen LogP contribution in [0.5, 0.6) is 0 Å². The van der Waals surface area contributed by atoms with Gasteiger partial charge in [-0.2, -0.15) is 5.26 Å². The molecule has 0 bridgehead atoms. The molecular weight excluding hydrogens is 158 g/mol. The highest BCUT2D eigenvalue weighted by Gasteiger charge is 2.62. The molecule has 4 atom stereocenters. The van der Waals surface area contributed by atoms with Crippen LogP contribution in [0.1, 0.15) is 6.92 Å². The SMILES string of the molecule is CC(O)C1(O)C=C(C#N)C2OC21. The number of fused-ring (bicyclic) bond motifs is 1. The third-order valence-electron chi connectivity index (χ3n) is 2.44. The fourth-order valence-electron chi connectivity index (χ4n) is 1.57. The lowest BCUT2D eigenvalue weighted by molar-refractivity contribution is -0.0461. The maximum absolute atomic E-state index is 9.78. The molecule has 1 fully saturated rings. The van der Waals surface area contributed by atoms with Gasteiger partial charge in [-0.1, -0.05) is 0 Å². The Hall–Kier alpha value is -0.890. The zero-order valence-corrected chi connectivity index (χ0v) is 6.56. The number of aliphatic hydroxyl groups excluding tert-OH is 1. The predicted octanol–water partition coefficient (Wildman–Crippen LogP) is -0.671. The summed E-state index contributed by atoms with van der Waals surface area (Å²) in [5, 5.41) is 27.6. The molecule has 4 nitrogen and oxygen atoms in total. The average Bonchev–Trinajstić information content (AvgIpc) is 2.74. The van der Waals surface area contributed by atoms with Crippen LogP contribution in [0.15, 0.2) is 11.6 Å². The minimum atomic E-state index is -1.35. The molecule has 4 heteroatoms. The predicted molar refractivity (Wildman–Crippen MR) is 39.0 cm³/mol. The summed E-state index contributed by atoms with van der Waals surface area (Å²) < 4.78 is 5.03. The Morgan fingerprint density at radius 3 is 2.83 bits per heavy atom. The van der Waals surface area contributed by atoms with Crippen molar-refractivity contribution >= 4 is 0 Å². The normalized spacial score (nSPS) is 46.0. The van der Waals surface area contributed by atoms with Crippen molar-refractivity contribution in [2.24, 2.45) is 0 Å². The van der Waals surface area contributed by atoms with Crippen molar-refractivity contribution in [2.75, 3.05) is 0 Å². The largest absolute Gasteiger partial charge is 0.390 e. The van der Waals surface area contributed by atoms with Gasteiger partial charge in [0.15, 0.2) is 0 Å². The van der Waals surface area contributed by atoms with Gasteiger partial charge in [0, 0.05) is 0 Å². The third-order valence-corrected chi connectivity index (χ3v) is 2.44. The number of epoxide rings is 1. The quantitative estimate of drug-likeness (QED) is 0.508. The van der Waals surface area contributed by atoms with Crippen LogP contribution in [-0.4, -0.2) is 34.1 Å². The van der Waals surface area contributed by atoms with Gasteiger partial charge in [-0.25, -0.2) is 0 Å². The maximum Gasteiger partial charge on any atom is 0.139 e. The summed E-state index contributed by atoms with van der Waals surface area (Å²) in [6.07, 6.45) is -0.198. The first kappa shape index (κ1) is 7.74. The van der Waals surface area contributed by atoms with E-state index in [0.29, 0.717) is 5.57 Å². The summed E-state index contributed by atoms with van der Waals surface area (Å²) in [6.45, 7) is 1.48. The summed E-state index contributed by atoms with van der Waals surface area (Å²) in [6, 6.07) is 1.93. The molecule has 0 aromatic carbocycles. The van der Waals surface area contributed by atoms with Crippen LogP contribution in [0.3, 0.4) is 0 Å². The van der Waals surface area contributed by atoms with Gasteiger partial charge in [-0.05, 0) is 13.0 Å². The second kappa shape index (κ2) is 2.07. The Kier molecular flexibility index (Phi) is 1.34. The lowest BCUT2D eigenvalue weighted by Crippen LogP contribution is -2.42. The van der Waals surface area contributed by atoms with Gasteiger partial charge < -0.3 is 14.9 Å². The average molecular weight is 167 g/mol. The Labute approximate surface area is 69.7 Å². The van der Waals surface area contributed by atoms with Crippen molar-refractivity contribution in [3.05, 3.63) is 11.6 Å². The number of rotatable bonds is 1. The second-order valence-corrected chi connectivity index (χ2v) is 3.25. The van der Waals surface area contributed by atoms with E-state index in [1.54, 1.807) is 0 Å². The van der Waals surface area contributed by atoms with E-state index in [-0.39, 0.29) is 6.10 Å². The van der Waals surface area contributed by atoms with Crippen LogP contribution >= 0.6 is 0 Å². The Morgan fingerprint density at radius 1 is 1.83 bits per heavy atom. The molecule has 0 radical (unpaired) electrons. The number of aliphatic hydroxyl groups is 2. The topological polar surface area (TPSA) is 76.8 Å². The van der Waals surface area contributed by atoms with Crippen LogP contribution in [-0.2, 0) is 4.74 Å². The maximum atomic E-state index is 9.78. The molecule has 64 valence electrons. The molecule has 0 spiro atoms. The second-order valence-electron chi connectivity index (χ2n) is 3.25. The number of hydrogen-bond donors (Lipinski definition) is 2. The smallest absolute Gasteiger partial charge is 0.139 e. The number of nitrogens with zero attached hydrogens (tertiary/aromatic N) is 1. The van der Waals surface area contributed by atoms with Gasteiger partial charge >= 0.3 is 0 Å². The van der Waals surface area contributed by atoms with E-state index in [4.69, 9.17) is 10.00 Å². The van der Waals surface area contributed by atoms with E-state index in [0.717, 1.165) is 0 Å². The summed E-state index contributed by atoms with van der Waals surface area (Å²) >= 11 is 0. The van der Waals surface area contributed by atoms with Crippen molar-refractivity contribution in [1.82, 2.24) is 0 Å². The summed E-state index contributed by atoms with van der Waals surface area (Å²) in [5.41, 5.74) is -0.932. The number of ether oxygens (including phenoxy) is 1. The van der Waals surface area contributed by atoms with E-state index in [1.165, 1.54) is 13.0 Å². The molecule has 12 heavy (non-hydrogen) atoms. The van der Waals surface area contributed by atoms with E-state index >= 15 is 0 Å². The molecule has 1 heterocycles. The van der Waals surface area contributed by atoms with Crippen LogP contribution < -0.4 is 0 Å². The van der Waals surface area contributed by atoms with Crippen LogP contribution in [0, 0.1) is 11.3 Å². The van der Waals surface area contributed by atoms with Crippen LogP contribution in [0.2, 0.25) is 0 Å². The highest BCUT2D eigenvalue weighted by atomic mass is 16.6. The summed E-state index contributed by atoms with van der Waals surface area (Å²) in [4.78, 5) is 0. The molecule has 4 unspecified atom stereocenters. The molecular formula is C8H9NO3. The van der Waals surface area contributed by atoms with Crippen molar-refractivity contribution in [3.63, 3.8) is 0 Å². The Morgan fingerprint density at radius 2 is 2.50 bits per heavy atom. The zero-order chi connectivity index (χ0) is 8.93. The Balaban J connectivity index is 2.32. The molecule has 2 rings (SSSR count). The first-order valence-corrected chi connectivity index (χ1v) is 3.78. The van der Waals surface area contributed by atoms with Gasteiger partial charge in [0.2, 0.25) is 0 Å². The van der Waals surface area contributed by atoms with Crippen molar-refractivity contribution < 1.29 is 14.9 Å². The standard InChI is InChI=1S/C8H9NO3/c1-4(10)8(11)2-5(3-9)6-7(8)12-6/h2,4,6-7,10-11H,1H3. The molecule has 0 amide bonds. The summed E-state index contributed by atoms with van der Waals surface area (Å²) in [7, 11) is 0. The number of hydrogen-bond acceptors (Lipinski definition) is 4. The minimum Gasteiger partial charge on any atom is -0.390 e. The minimum absolute atomic E-state index is 0.283. The number of nitriles is 1. The first-order chi connectivity index (χ1) is 5.59. The lowest BCUT2D eigenvalue weighted by Gasteiger charge is -2.23. The fraction of sp³-hybridized carbons (Fsp3) is 0.625. The van der Waals surface area contributed by atoms with E-state index in [2.05, 4.69) is 0 Å². The van der Waals surface area contributed by atoms with E-state index in [1.807, 2.05) is 6.07 Å².